The van der Waals surface area contributed by atoms with Crippen LogP contribution in [-0.2, 0) is 5.88 Å². The van der Waals surface area contributed by atoms with Gasteiger partial charge in [0.25, 0.3) is 0 Å². The monoisotopic (exact) mass is 364 g/mol. The van der Waals surface area contributed by atoms with Crippen molar-refractivity contribution < 1.29 is 0 Å². The molecule has 0 spiro atoms. The lowest BCUT2D eigenvalue weighted by Gasteiger charge is -2.38. The van der Waals surface area contributed by atoms with E-state index in [-0.39, 0.29) is 0 Å². The van der Waals surface area contributed by atoms with E-state index in [0.717, 1.165) is 30.7 Å². The summed E-state index contributed by atoms with van der Waals surface area (Å²) in [5.74, 6) is 0.549. The van der Waals surface area contributed by atoms with Crippen molar-refractivity contribution in [1.29, 1.82) is 0 Å². The minimum atomic E-state index is 0.549. The van der Waals surface area contributed by atoms with Crippen molar-refractivity contribution >= 4 is 38.9 Å². The number of alkyl halides is 1. The predicted octanol–water partition coefficient (Wildman–Crippen LogP) is 4.51. The Kier molecular flexibility index (Phi) is 4.71. The molecule has 0 aliphatic carbocycles. The number of anilines is 2. The molecule has 0 bridgehead atoms. The van der Waals surface area contributed by atoms with Gasteiger partial charge in [-0.25, -0.2) is 0 Å². The minimum absolute atomic E-state index is 0.549. The van der Waals surface area contributed by atoms with Crippen LogP contribution >= 0.6 is 27.5 Å². The van der Waals surface area contributed by atoms with Gasteiger partial charge in [0.05, 0.1) is 0 Å². The second kappa shape index (κ2) is 6.71. The van der Waals surface area contributed by atoms with Crippen molar-refractivity contribution in [2.75, 3.05) is 36.0 Å². The Hall–Kier alpha value is -1.19. The van der Waals surface area contributed by atoms with E-state index in [4.69, 9.17) is 11.6 Å². The second-order valence-corrected chi connectivity index (χ2v) is 6.40. The van der Waals surface area contributed by atoms with Crippen LogP contribution in [0.25, 0.3) is 0 Å². The van der Waals surface area contributed by atoms with Gasteiger partial charge in [-0.1, -0.05) is 34.1 Å². The molecule has 0 saturated carbocycles. The first-order chi connectivity index (χ1) is 10.3. The number of para-hydroxylation sites is 1. The van der Waals surface area contributed by atoms with Crippen molar-refractivity contribution in [3.05, 3.63) is 58.6 Å². The summed E-state index contributed by atoms with van der Waals surface area (Å²) < 4.78 is 1.09. The molecule has 0 aromatic heterocycles. The summed E-state index contributed by atoms with van der Waals surface area (Å²) in [6.07, 6.45) is 0. The number of halogens is 2. The van der Waals surface area contributed by atoms with Crippen molar-refractivity contribution in [2.45, 2.75) is 5.88 Å². The molecule has 2 aromatic rings. The lowest BCUT2D eigenvalue weighted by Crippen LogP contribution is -2.46. The van der Waals surface area contributed by atoms with E-state index >= 15 is 0 Å². The molecule has 3 rings (SSSR count). The van der Waals surface area contributed by atoms with E-state index in [0.29, 0.717) is 5.88 Å². The Bertz CT molecular complexity index is 595. The van der Waals surface area contributed by atoms with Crippen molar-refractivity contribution in [3.63, 3.8) is 0 Å². The molecule has 4 heteroatoms. The number of benzene rings is 2. The molecule has 0 atom stereocenters. The molecule has 1 heterocycles. The van der Waals surface area contributed by atoms with Crippen LogP contribution in [0.3, 0.4) is 0 Å². The predicted molar refractivity (Wildman–Crippen MR) is 94.6 cm³/mol. The van der Waals surface area contributed by atoms with E-state index in [1.54, 1.807) is 0 Å². The van der Waals surface area contributed by atoms with E-state index < -0.39 is 0 Å². The van der Waals surface area contributed by atoms with Gasteiger partial charge in [0.1, 0.15) is 0 Å². The van der Waals surface area contributed by atoms with Crippen molar-refractivity contribution in [1.82, 2.24) is 0 Å². The topological polar surface area (TPSA) is 6.48 Å². The Morgan fingerprint density at radius 1 is 0.905 bits per heavy atom. The smallest absolute Gasteiger partial charge is 0.0494 e. The highest BCUT2D eigenvalue weighted by Crippen LogP contribution is 2.27. The van der Waals surface area contributed by atoms with Crippen LogP contribution < -0.4 is 9.80 Å². The molecular formula is C17H18BrClN2. The van der Waals surface area contributed by atoms with Gasteiger partial charge in [-0.05, 0) is 35.9 Å². The van der Waals surface area contributed by atoms with E-state index in [9.17, 15) is 0 Å². The molecule has 1 fully saturated rings. The molecular weight excluding hydrogens is 348 g/mol. The lowest BCUT2D eigenvalue weighted by atomic mass is 10.1. The van der Waals surface area contributed by atoms with Crippen LogP contribution in [0.2, 0.25) is 0 Å². The fourth-order valence-electron chi connectivity index (χ4n) is 2.81. The number of hydrogen-bond donors (Lipinski definition) is 0. The first-order valence-corrected chi connectivity index (χ1v) is 8.50. The molecule has 0 N–H and O–H groups in total. The number of rotatable bonds is 3. The van der Waals surface area contributed by atoms with Crippen LogP contribution in [-0.4, -0.2) is 26.2 Å². The molecule has 1 saturated heterocycles. The molecule has 1 aliphatic heterocycles. The Morgan fingerprint density at radius 2 is 1.57 bits per heavy atom. The van der Waals surface area contributed by atoms with Gasteiger partial charge in [-0.3, -0.25) is 0 Å². The Balaban J connectivity index is 1.71. The summed E-state index contributed by atoms with van der Waals surface area (Å²) in [6.45, 7) is 4.14. The van der Waals surface area contributed by atoms with E-state index in [1.165, 1.54) is 16.9 Å². The van der Waals surface area contributed by atoms with Crippen LogP contribution in [0.1, 0.15) is 5.56 Å². The van der Waals surface area contributed by atoms with Gasteiger partial charge in [0.2, 0.25) is 0 Å². The first-order valence-electron chi connectivity index (χ1n) is 7.17. The molecule has 21 heavy (non-hydrogen) atoms. The van der Waals surface area contributed by atoms with Crippen molar-refractivity contribution in [2.24, 2.45) is 0 Å². The van der Waals surface area contributed by atoms with Gasteiger partial charge in [0.15, 0.2) is 0 Å². The Morgan fingerprint density at radius 3 is 2.24 bits per heavy atom. The third-order valence-electron chi connectivity index (χ3n) is 3.93. The summed E-state index contributed by atoms with van der Waals surface area (Å²) in [5, 5.41) is 0. The maximum Gasteiger partial charge on any atom is 0.0494 e. The molecule has 0 amide bonds. The van der Waals surface area contributed by atoms with Crippen LogP contribution in [0.5, 0.6) is 0 Å². The SMILES string of the molecule is ClCc1cc(Br)ccc1N1CCN(c2ccccc2)CC1. The fraction of sp³-hybridized carbons (Fsp3) is 0.294. The molecule has 2 nitrogen and oxygen atoms in total. The van der Waals surface area contributed by atoms with Gasteiger partial charge >= 0.3 is 0 Å². The maximum absolute atomic E-state index is 6.09. The average Bonchev–Trinajstić information content (AvgIpc) is 2.56. The molecule has 1 aliphatic rings. The summed E-state index contributed by atoms with van der Waals surface area (Å²) in [6, 6.07) is 17.0. The zero-order valence-electron chi connectivity index (χ0n) is 11.8. The number of hydrogen-bond acceptors (Lipinski definition) is 2. The van der Waals surface area contributed by atoms with Crippen LogP contribution in [0.4, 0.5) is 11.4 Å². The molecule has 2 aromatic carbocycles. The summed E-state index contributed by atoms with van der Waals surface area (Å²) in [4.78, 5) is 4.87. The standard InChI is InChI=1S/C17H18BrClN2/c18-15-6-7-17(14(12-15)13-19)21-10-8-20(9-11-21)16-4-2-1-3-5-16/h1-7,12H,8-11,13H2. The fourth-order valence-corrected chi connectivity index (χ4v) is 3.44. The number of piperazine rings is 1. The normalized spacial score (nSPS) is 15.3. The van der Waals surface area contributed by atoms with Gasteiger partial charge < -0.3 is 9.80 Å². The quantitative estimate of drug-likeness (QED) is 0.738. The van der Waals surface area contributed by atoms with Crippen molar-refractivity contribution in [3.8, 4) is 0 Å². The van der Waals surface area contributed by atoms with Gasteiger partial charge in [0, 0.05) is 47.9 Å². The average molecular weight is 366 g/mol. The third-order valence-corrected chi connectivity index (χ3v) is 4.71. The zero-order chi connectivity index (χ0) is 14.7. The third kappa shape index (κ3) is 3.35. The largest absolute Gasteiger partial charge is 0.368 e. The van der Waals surface area contributed by atoms with Gasteiger partial charge in [-0.15, -0.1) is 11.6 Å². The zero-order valence-corrected chi connectivity index (χ0v) is 14.1. The lowest BCUT2D eigenvalue weighted by molar-refractivity contribution is 0.652. The van der Waals surface area contributed by atoms with Gasteiger partial charge in [-0.2, -0.15) is 0 Å². The number of nitrogens with zero attached hydrogens (tertiary/aromatic N) is 2. The molecule has 0 unspecified atom stereocenters. The highest BCUT2D eigenvalue weighted by Gasteiger charge is 2.19. The van der Waals surface area contributed by atoms with E-state index in [1.807, 2.05) is 0 Å². The molecule has 110 valence electrons. The maximum atomic E-state index is 6.09. The highest BCUT2D eigenvalue weighted by atomic mass is 79.9. The second-order valence-electron chi connectivity index (χ2n) is 5.22. The van der Waals surface area contributed by atoms with Crippen LogP contribution in [0.15, 0.2) is 53.0 Å². The minimum Gasteiger partial charge on any atom is -0.368 e. The summed E-state index contributed by atoms with van der Waals surface area (Å²) in [5.41, 5.74) is 3.77. The highest BCUT2D eigenvalue weighted by molar-refractivity contribution is 9.10. The van der Waals surface area contributed by atoms with Crippen LogP contribution in [0, 0.1) is 0 Å². The summed E-state index contributed by atoms with van der Waals surface area (Å²) >= 11 is 9.61. The Labute approximate surface area is 139 Å². The summed E-state index contributed by atoms with van der Waals surface area (Å²) in [7, 11) is 0. The van der Waals surface area contributed by atoms with E-state index in [2.05, 4.69) is 74.3 Å². The first kappa shape index (κ1) is 14.7. The molecule has 0 radical (unpaired) electrons.